The topological polar surface area (TPSA) is 55.2 Å². The molecule has 0 aliphatic carbocycles. The predicted molar refractivity (Wildman–Crippen MR) is 121 cm³/mol. The Morgan fingerprint density at radius 1 is 1.03 bits per heavy atom. The lowest BCUT2D eigenvalue weighted by Crippen LogP contribution is -2.23. The summed E-state index contributed by atoms with van der Waals surface area (Å²) in [7, 11) is 0. The van der Waals surface area contributed by atoms with Gasteiger partial charge < -0.3 is 4.90 Å². The number of amides is 1. The van der Waals surface area contributed by atoms with Crippen molar-refractivity contribution < 1.29 is 4.79 Å². The summed E-state index contributed by atoms with van der Waals surface area (Å²) in [4.78, 5) is 31.4. The highest BCUT2D eigenvalue weighted by Crippen LogP contribution is 2.32. The molecule has 1 saturated heterocycles. The first-order valence-corrected chi connectivity index (χ1v) is 10.9. The number of anilines is 1. The molecule has 0 N–H and O–H groups in total. The maximum Gasteiger partial charge on any atom is 0.271 e. The zero-order chi connectivity index (χ0) is 20.7. The fourth-order valence-corrected chi connectivity index (χ4v) is 4.99. The molecule has 1 fully saturated rings. The van der Waals surface area contributed by atoms with Gasteiger partial charge in [-0.1, -0.05) is 36.4 Å². The molecule has 1 aliphatic heterocycles. The summed E-state index contributed by atoms with van der Waals surface area (Å²) in [6.45, 7) is 3.30. The smallest absolute Gasteiger partial charge is 0.271 e. The number of aromatic nitrogens is 2. The van der Waals surface area contributed by atoms with Crippen molar-refractivity contribution in [3.63, 3.8) is 0 Å². The molecule has 150 valence electrons. The van der Waals surface area contributed by atoms with Gasteiger partial charge in [0.15, 0.2) is 0 Å². The number of thiophene rings is 1. The Morgan fingerprint density at radius 3 is 2.57 bits per heavy atom. The minimum Gasteiger partial charge on any atom is -0.312 e. The monoisotopic (exact) mass is 415 g/mol. The third-order valence-electron chi connectivity index (χ3n) is 5.66. The van der Waals surface area contributed by atoms with E-state index in [-0.39, 0.29) is 11.5 Å². The quantitative estimate of drug-likeness (QED) is 0.489. The van der Waals surface area contributed by atoms with Crippen molar-refractivity contribution in [1.82, 2.24) is 9.55 Å². The van der Waals surface area contributed by atoms with E-state index in [2.05, 4.69) is 24.0 Å². The molecule has 1 amide bonds. The molecule has 1 aliphatic rings. The lowest BCUT2D eigenvalue weighted by Gasteiger charge is -2.16. The van der Waals surface area contributed by atoms with Crippen LogP contribution in [0.4, 0.5) is 5.69 Å². The molecule has 0 unspecified atom stereocenters. The van der Waals surface area contributed by atoms with E-state index >= 15 is 0 Å². The Balaban J connectivity index is 1.44. The van der Waals surface area contributed by atoms with Crippen LogP contribution in [0.15, 0.2) is 65.0 Å². The maximum atomic E-state index is 13.1. The lowest BCUT2D eigenvalue weighted by atomic mass is 10.0. The minimum absolute atomic E-state index is 0.0244. The minimum atomic E-state index is -0.0244. The van der Waals surface area contributed by atoms with Crippen molar-refractivity contribution in [1.29, 1.82) is 0 Å². The molecule has 2 aromatic carbocycles. The number of hydrogen-bond donors (Lipinski definition) is 0. The first-order valence-electron chi connectivity index (χ1n) is 10.0. The number of rotatable bonds is 4. The summed E-state index contributed by atoms with van der Waals surface area (Å²) in [6, 6.07) is 16.0. The molecule has 5 rings (SSSR count). The van der Waals surface area contributed by atoms with Gasteiger partial charge in [0.25, 0.3) is 5.56 Å². The molecular formula is C24H21N3O2S. The Labute approximate surface area is 178 Å². The van der Waals surface area contributed by atoms with Gasteiger partial charge in [-0.3, -0.25) is 14.2 Å². The van der Waals surface area contributed by atoms with Crippen molar-refractivity contribution in [2.75, 3.05) is 11.4 Å². The highest BCUT2D eigenvalue weighted by molar-refractivity contribution is 7.17. The summed E-state index contributed by atoms with van der Waals surface area (Å²) < 4.78 is 2.33. The van der Waals surface area contributed by atoms with E-state index in [9.17, 15) is 9.59 Å². The summed E-state index contributed by atoms with van der Waals surface area (Å²) in [5.74, 6) is 0.177. The molecule has 5 nitrogen and oxygen atoms in total. The number of nitrogens with zero attached hydrogens (tertiary/aromatic N) is 3. The molecule has 0 radical (unpaired) electrons. The van der Waals surface area contributed by atoms with Crippen LogP contribution in [0.25, 0.3) is 21.3 Å². The third-order valence-corrected chi connectivity index (χ3v) is 6.61. The van der Waals surface area contributed by atoms with Crippen LogP contribution < -0.4 is 10.5 Å². The van der Waals surface area contributed by atoms with Crippen LogP contribution >= 0.6 is 11.3 Å². The van der Waals surface area contributed by atoms with Crippen molar-refractivity contribution >= 4 is 33.1 Å². The van der Waals surface area contributed by atoms with Gasteiger partial charge in [-0.05, 0) is 42.2 Å². The number of carbonyl (C=O) groups is 1. The van der Waals surface area contributed by atoms with E-state index in [1.807, 2.05) is 46.7 Å². The molecule has 3 heterocycles. The van der Waals surface area contributed by atoms with Crippen molar-refractivity contribution in [2.45, 2.75) is 26.3 Å². The standard InChI is InChI=1S/C24H21N3O2S/c1-16-5-2-3-6-19(16)20-14-30-23-22(20)25-15-26(24(23)29)13-17-8-10-18(11-9-17)27-12-4-7-21(27)28/h2-3,5-6,8-11,14-15H,4,7,12-13H2,1H3. The third kappa shape index (κ3) is 3.23. The van der Waals surface area contributed by atoms with Crippen LogP contribution in [-0.2, 0) is 11.3 Å². The number of fused-ring (bicyclic) bond motifs is 1. The van der Waals surface area contributed by atoms with E-state index in [1.54, 1.807) is 10.9 Å². The number of carbonyl (C=O) groups excluding carboxylic acids is 1. The van der Waals surface area contributed by atoms with Gasteiger partial charge in [0.1, 0.15) is 4.70 Å². The summed E-state index contributed by atoms with van der Waals surface area (Å²) in [6.07, 6.45) is 3.16. The van der Waals surface area contributed by atoms with Gasteiger partial charge >= 0.3 is 0 Å². The Bertz CT molecular complexity index is 1300. The normalized spacial score (nSPS) is 14.0. The summed E-state index contributed by atoms with van der Waals surface area (Å²) >= 11 is 1.45. The first-order chi connectivity index (χ1) is 14.6. The second-order valence-electron chi connectivity index (χ2n) is 7.64. The van der Waals surface area contributed by atoms with Gasteiger partial charge in [-0.15, -0.1) is 11.3 Å². The molecule has 0 atom stereocenters. The maximum absolute atomic E-state index is 13.1. The molecule has 2 aromatic heterocycles. The van der Waals surface area contributed by atoms with Crippen LogP contribution in [0.1, 0.15) is 24.0 Å². The Morgan fingerprint density at radius 2 is 1.83 bits per heavy atom. The molecule has 0 saturated carbocycles. The number of hydrogen-bond acceptors (Lipinski definition) is 4. The lowest BCUT2D eigenvalue weighted by molar-refractivity contribution is -0.117. The largest absolute Gasteiger partial charge is 0.312 e. The van der Waals surface area contributed by atoms with Crippen LogP contribution in [0.5, 0.6) is 0 Å². The van der Waals surface area contributed by atoms with E-state index in [1.165, 1.54) is 16.9 Å². The zero-order valence-electron chi connectivity index (χ0n) is 16.7. The predicted octanol–water partition coefficient (Wildman–Crippen LogP) is 4.61. The highest BCUT2D eigenvalue weighted by atomic mass is 32.1. The SMILES string of the molecule is Cc1ccccc1-c1csc2c(=O)n(Cc3ccc(N4CCCC4=O)cc3)cnc12. The van der Waals surface area contributed by atoms with Crippen LogP contribution in [0.2, 0.25) is 0 Å². The Kier molecular flexibility index (Phi) is 4.71. The second kappa shape index (κ2) is 7.54. The van der Waals surface area contributed by atoms with Crippen molar-refractivity contribution in [3.8, 4) is 11.1 Å². The fourth-order valence-electron chi connectivity index (χ4n) is 4.02. The van der Waals surface area contributed by atoms with Crippen LogP contribution in [0, 0.1) is 6.92 Å². The van der Waals surface area contributed by atoms with E-state index in [4.69, 9.17) is 0 Å². The van der Waals surface area contributed by atoms with Gasteiger partial charge in [0.05, 0.1) is 18.4 Å². The molecule has 6 heteroatoms. The molecule has 30 heavy (non-hydrogen) atoms. The number of benzene rings is 2. The number of aryl methyl sites for hydroxylation is 1. The van der Waals surface area contributed by atoms with E-state index in [0.29, 0.717) is 17.7 Å². The van der Waals surface area contributed by atoms with Crippen LogP contribution in [-0.4, -0.2) is 22.0 Å². The van der Waals surface area contributed by atoms with E-state index in [0.717, 1.165) is 40.9 Å². The van der Waals surface area contributed by atoms with Gasteiger partial charge in [0, 0.05) is 29.6 Å². The molecular weight excluding hydrogens is 394 g/mol. The second-order valence-corrected chi connectivity index (χ2v) is 8.51. The first kappa shape index (κ1) is 18.8. The van der Waals surface area contributed by atoms with Crippen molar-refractivity contribution in [2.24, 2.45) is 0 Å². The molecule has 4 aromatic rings. The van der Waals surface area contributed by atoms with Gasteiger partial charge in [0.2, 0.25) is 5.91 Å². The average molecular weight is 416 g/mol. The zero-order valence-corrected chi connectivity index (χ0v) is 17.5. The van der Waals surface area contributed by atoms with Crippen LogP contribution in [0.3, 0.4) is 0 Å². The molecule has 0 spiro atoms. The summed E-state index contributed by atoms with van der Waals surface area (Å²) in [5, 5.41) is 2.02. The molecule has 0 bridgehead atoms. The van der Waals surface area contributed by atoms with E-state index < -0.39 is 0 Å². The fraction of sp³-hybridized carbons (Fsp3) is 0.208. The van der Waals surface area contributed by atoms with Gasteiger partial charge in [-0.2, -0.15) is 0 Å². The van der Waals surface area contributed by atoms with Crippen molar-refractivity contribution in [3.05, 3.63) is 81.7 Å². The Hall–Kier alpha value is -3.25. The summed E-state index contributed by atoms with van der Waals surface area (Å²) in [5.41, 5.74) is 5.95. The average Bonchev–Trinajstić information content (AvgIpc) is 3.38. The highest BCUT2D eigenvalue weighted by Gasteiger charge is 2.21. The van der Waals surface area contributed by atoms with Gasteiger partial charge in [-0.25, -0.2) is 4.98 Å².